The summed E-state index contributed by atoms with van der Waals surface area (Å²) in [6.45, 7) is 1.48. The number of rotatable bonds is 5. The van der Waals surface area contributed by atoms with Gasteiger partial charge in [-0.3, -0.25) is 9.78 Å². The molecule has 7 heteroatoms. The standard InChI is InChI=1S/C19H24N4O3/c1-22(18(24)15-5-3-6-16(11-15)26-2)13-19(25)7-4-10-23(14-19)17-12-20-8-9-21-17/h3,5-6,8-9,11-12,25H,4,7,10,13-14H2,1-2H3/t19-/m1/s1. The number of amides is 1. The quantitative estimate of drug-likeness (QED) is 0.876. The lowest BCUT2D eigenvalue weighted by molar-refractivity contribution is -0.000149. The highest BCUT2D eigenvalue weighted by Gasteiger charge is 2.36. The molecule has 0 unspecified atom stereocenters. The Morgan fingerprint density at radius 1 is 1.42 bits per heavy atom. The zero-order valence-corrected chi connectivity index (χ0v) is 15.1. The van der Waals surface area contributed by atoms with Crippen LogP contribution in [0.25, 0.3) is 0 Å². The Bertz CT molecular complexity index is 755. The number of piperidine rings is 1. The van der Waals surface area contributed by atoms with Crippen molar-refractivity contribution in [2.45, 2.75) is 18.4 Å². The van der Waals surface area contributed by atoms with Crippen LogP contribution >= 0.6 is 0 Å². The summed E-state index contributed by atoms with van der Waals surface area (Å²) >= 11 is 0. The van der Waals surface area contributed by atoms with Crippen LogP contribution in [0.3, 0.4) is 0 Å². The normalized spacial score (nSPS) is 19.9. The van der Waals surface area contributed by atoms with Crippen molar-refractivity contribution in [3.8, 4) is 5.75 Å². The van der Waals surface area contributed by atoms with Crippen molar-refractivity contribution < 1.29 is 14.6 Å². The van der Waals surface area contributed by atoms with E-state index in [2.05, 4.69) is 9.97 Å². The van der Waals surface area contributed by atoms with Gasteiger partial charge in [-0.1, -0.05) is 6.07 Å². The summed E-state index contributed by atoms with van der Waals surface area (Å²) < 4.78 is 5.18. The van der Waals surface area contributed by atoms with Crippen LogP contribution in [0.15, 0.2) is 42.9 Å². The minimum Gasteiger partial charge on any atom is -0.497 e. The number of β-amino-alcohol motifs (C(OH)–C–C–N with tert-alkyl or cyclic N) is 1. The maximum atomic E-state index is 12.7. The lowest BCUT2D eigenvalue weighted by Crippen LogP contribution is -2.54. The summed E-state index contributed by atoms with van der Waals surface area (Å²) in [6, 6.07) is 7.03. The molecular formula is C19H24N4O3. The first-order valence-electron chi connectivity index (χ1n) is 8.64. The van der Waals surface area contributed by atoms with Gasteiger partial charge in [0.25, 0.3) is 5.91 Å². The van der Waals surface area contributed by atoms with Gasteiger partial charge in [-0.15, -0.1) is 0 Å². The van der Waals surface area contributed by atoms with Gasteiger partial charge in [0.05, 0.1) is 25.5 Å². The summed E-state index contributed by atoms with van der Waals surface area (Å²) in [5.41, 5.74) is -0.448. The number of benzene rings is 1. The number of methoxy groups -OCH3 is 1. The van der Waals surface area contributed by atoms with E-state index in [4.69, 9.17) is 4.74 Å². The third-order valence-electron chi connectivity index (χ3n) is 4.62. The highest BCUT2D eigenvalue weighted by molar-refractivity contribution is 5.94. The fourth-order valence-electron chi connectivity index (χ4n) is 3.38. The first kappa shape index (κ1) is 18.1. The summed E-state index contributed by atoms with van der Waals surface area (Å²) in [5, 5.41) is 11.1. The number of likely N-dealkylation sites (N-methyl/N-ethyl adjacent to an activating group) is 1. The van der Waals surface area contributed by atoms with Gasteiger partial charge in [-0.2, -0.15) is 0 Å². The number of carbonyl (C=O) groups is 1. The fraction of sp³-hybridized carbons (Fsp3) is 0.421. The molecule has 1 saturated heterocycles. The fourth-order valence-corrected chi connectivity index (χ4v) is 3.38. The molecule has 1 aromatic carbocycles. The van der Waals surface area contributed by atoms with Crippen molar-refractivity contribution in [2.75, 3.05) is 38.7 Å². The van der Waals surface area contributed by atoms with Crippen LogP contribution in [0.4, 0.5) is 5.82 Å². The van der Waals surface area contributed by atoms with Crippen molar-refractivity contribution in [1.82, 2.24) is 14.9 Å². The van der Waals surface area contributed by atoms with Crippen LogP contribution < -0.4 is 9.64 Å². The first-order valence-corrected chi connectivity index (χ1v) is 8.64. The first-order chi connectivity index (χ1) is 12.5. The number of carbonyl (C=O) groups excluding carboxylic acids is 1. The molecule has 1 atom stereocenters. The molecule has 1 amide bonds. The van der Waals surface area contributed by atoms with Crippen molar-refractivity contribution in [1.29, 1.82) is 0 Å². The van der Waals surface area contributed by atoms with E-state index in [0.29, 0.717) is 24.3 Å². The third-order valence-corrected chi connectivity index (χ3v) is 4.62. The summed E-state index contributed by atoms with van der Waals surface area (Å²) in [5.74, 6) is 1.23. The van der Waals surface area contributed by atoms with Gasteiger partial charge in [0.15, 0.2) is 0 Å². The molecular weight excluding hydrogens is 332 g/mol. The Balaban J connectivity index is 1.69. The van der Waals surface area contributed by atoms with Crippen LogP contribution in [0.2, 0.25) is 0 Å². The number of aromatic nitrogens is 2. The zero-order chi connectivity index (χ0) is 18.6. The zero-order valence-electron chi connectivity index (χ0n) is 15.1. The molecule has 1 fully saturated rings. The van der Waals surface area contributed by atoms with E-state index < -0.39 is 5.60 Å². The lowest BCUT2D eigenvalue weighted by atomic mass is 9.92. The lowest BCUT2D eigenvalue weighted by Gasteiger charge is -2.41. The Morgan fingerprint density at radius 3 is 3.00 bits per heavy atom. The predicted molar refractivity (Wildman–Crippen MR) is 98.4 cm³/mol. The van der Waals surface area contributed by atoms with Crippen molar-refractivity contribution in [3.63, 3.8) is 0 Å². The Hall–Kier alpha value is -2.67. The minimum atomic E-state index is -0.987. The molecule has 2 heterocycles. The molecule has 2 aromatic rings. The summed E-state index contributed by atoms with van der Waals surface area (Å²) in [7, 11) is 3.28. The molecule has 0 radical (unpaired) electrons. The van der Waals surface area contributed by atoms with Gasteiger partial charge in [0, 0.05) is 38.1 Å². The van der Waals surface area contributed by atoms with Crippen molar-refractivity contribution in [2.24, 2.45) is 0 Å². The molecule has 1 aromatic heterocycles. The Morgan fingerprint density at radius 2 is 2.27 bits per heavy atom. The average molecular weight is 356 g/mol. The number of ether oxygens (including phenoxy) is 1. The van der Waals surface area contributed by atoms with Crippen molar-refractivity contribution >= 4 is 11.7 Å². The molecule has 3 rings (SSSR count). The number of aliphatic hydroxyl groups is 1. The smallest absolute Gasteiger partial charge is 0.253 e. The predicted octanol–water partition coefficient (Wildman–Crippen LogP) is 1.59. The topological polar surface area (TPSA) is 78.8 Å². The van der Waals surface area contributed by atoms with Gasteiger partial charge >= 0.3 is 0 Å². The highest BCUT2D eigenvalue weighted by atomic mass is 16.5. The van der Waals surface area contributed by atoms with Crippen LogP contribution in [0, 0.1) is 0 Å². The molecule has 1 N–H and O–H groups in total. The molecule has 138 valence electrons. The van der Waals surface area contributed by atoms with E-state index in [-0.39, 0.29) is 12.5 Å². The monoisotopic (exact) mass is 356 g/mol. The molecule has 7 nitrogen and oxygen atoms in total. The van der Waals surface area contributed by atoms with Gasteiger partial charge in [-0.25, -0.2) is 4.98 Å². The molecule has 0 bridgehead atoms. The molecule has 0 saturated carbocycles. The Labute approximate surface area is 153 Å². The van der Waals surface area contributed by atoms with E-state index in [9.17, 15) is 9.90 Å². The molecule has 26 heavy (non-hydrogen) atoms. The highest BCUT2D eigenvalue weighted by Crippen LogP contribution is 2.25. The van der Waals surface area contributed by atoms with Gasteiger partial charge in [0.2, 0.25) is 0 Å². The van der Waals surface area contributed by atoms with E-state index in [1.165, 1.54) is 0 Å². The van der Waals surface area contributed by atoms with Crippen molar-refractivity contribution in [3.05, 3.63) is 48.4 Å². The van der Waals surface area contributed by atoms with E-state index in [1.807, 2.05) is 4.90 Å². The third kappa shape index (κ3) is 4.11. The minimum absolute atomic E-state index is 0.144. The Kier molecular flexibility index (Phi) is 5.37. The molecule has 0 aliphatic carbocycles. The van der Waals surface area contributed by atoms with E-state index in [1.54, 1.807) is 61.9 Å². The largest absolute Gasteiger partial charge is 0.497 e. The maximum Gasteiger partial charge on any atom is 0.253 e. The number of nitrogens with zero attached hydrogens (tertiary/aromatic N) is 4. The number of anilines is 1. The molecule has 1 aliphatic heterocycles. The van der Waals surface area contributed by atoms with Crippen LogP contribution in [0.1, 0.15) is 23.2 Å². The van der Waals surface area contributed by atoms with Crippen LogP contribution in [0.5, 0.6) is 5.75 Å². The van der Waals surface area contributed by atoms with E-state index in [0.717, 1.165) is 18.8 Å². The second kappa shape index (κ2) is 7.70. The number of hydrogen-bond acceptors (Lipinski definition) is 6. The second-order valence-corrected chi connectivity index (χ2v) is 6.71. The molecule has 0 spiro atoms. The van der Waals surface area contributed by atoms with Crippen LogP contribution in [-0.2, 0) is 0 Å². The van der Waals surface area contributed by atoms with Gasteiger partial charge in [-0.05, 0) is 31.0 Å². The van der Waals surface area contributed by atoms with E-state index >= 15 is 0 Å². The number of hydrogen-bond donors (Lipinski definition) is 1. The van der Waals surface area contributed by atoms with Crippen LogP contribution in [-0.4, -0.2) is 65.3 Å². The average Bonchev–Trinajstić information content (AvgIpc) is 2.67. The summed E-state index contributed by atoms with van der Waals surface area (Å²) in [4.78, 5) is 24.7. The maximum absolute atomic E-state index is 12.7. The van der Waals surface area contributed by atoms with Gasteiger partial charge < -0.3 is 19.6 Å². The molecule has 1 aliphatic rings. The van der Waals surface area contributed by atoms with Gasteiger partial charge in [0.1, 0.15) is 11.6 Å². The summed E-state index contributed by atoms with van der Waals surface area (Å²) in [6.07, 6.45) is 6.42. The second-order valence-electron chi connectivity index (χ2n) is 6.71. The SMILES string of the molecule is COc1cccc(C(=O)N(C)C[C@]2(O)CCCN(c3cnccn3)C2)c1.